The van der Waals surface area contributed by atoms with Crippen molar-refractivity contribution in [3.8, 4) is 11.8 Å². The highest BCUT2D eigenvalue weighted by Crippen LogP contribution is 2.22. The van der Waals surface area contributed by atoms with Crippen LogP contribution in [0.4, 0.5) is 0 Å². The summed E-state index contributed by atoms with van der Waals surface area (Å²) in [5, 5.41) is 8.84. The molecule has 0 unspecified atom stereocenters. The SMILES string of the molecule is COc1ccc(S(=O)(=O)N(C)C)cc1C#N. The third kappa shape index (κ3) is 2.15. The average Bonchev–Trinajstić information content (AvgIpc) is 2.27. The molecule has 0 fully saturated rings. The standard InChI is InChI=1S/C10H12N2O3S/c1-12(2)16(13,14)9-4-5-10(15-3)8(6-9)7-11/h4-6H,1-3H3. The van der Waals surface area contributed by atoms with E-state index in [0.29, 0.717) is 5.75 Å². The Balaban J connectivity index is 3.36. The topological polar surface area (TPSA) is 70.4 Å². The van der Waals surface area contributed by atoms with Crippen molar-refractivity contribution in [1.82, 2.24) is 4.31 Å². The highest BCUT2D eigenvalue weighted by molar-refractivity contribution is 7.89. The Morgan fingerprint density at radius 1 is 1.38 bits per heavy atom. The van der Waals surface area contributed by atoms with Crippen molar-refractivity contribution < 1.29 is 13.2 Å². The fourth-order valence-corrected chi connectivity index (χ4v) is 2.07. The van der Waals surface area contributed by atoms with Crippen molar-refractivity contribution >= 4 is 10.0 Å². The first-order chi connectivity index (χ1) is 7.43. The zero-order valence-electron chi connectivity index (χ0n) is 9.26. The molecule has 16 heavy (non-hydrogen) atoms. The van der Waals surface area contributed by atoms with Crippen LogP contribution in [0.2, 0.25) is 0 Å². The Labute approximate surface area is 94.9 Å². The van der Waals surface area contributed by atoms with E-state index in [-0.39, 0.29) is 10.5 Å². The highest BCUT2D eigenvalue weighted by atomic mass is 32.2. The fourth-order valence-electron chi connectivity index (χ4n) is 1.15. The Hall–Kier alpha value is -1.58. The molecule has 0 N–H and O–H groups in total. The van der Waals surface area contributed by atoms with Gasteiger partial charge >= 0.3 is 0 Å². The summed E-state index contributed by atoms with van der Waals surface area (Å²) in [6.45, 7) is 0. The van der Waals surface area contributed by atoms with E-state index in [1.807, 2.05) is 6.07 Å². The minimum Gasteiger partial charge on any atom is -0.495 e. The number of ether oxygens (including phenoxy) is 1. The maximum atomic E-state index is 11.8. The molecule has 1 aromatic rings. The number of nitriles is 1. The monoisotopic (exact) mass is 240 g/mol. The number of hydrogen-bond donors (Lipinski definition) is 0. The summed E-state index contributed by atoms with van der Waals surface area (Å²) >= 11 is 0. The molecule has 0 bridgehead atoms. The van der Waals surface area contributed by atoms with Gasteiger partial charge in [0.25, 0.3) is 0 Å². The number of hydrogen-bond acceptors (Lipinski definition) is 4. The molecule has 0 aliphatic heterocycles. The second kappa shape index (κ2) is 4.51. The Morgan fingerprint density at radius 3 is 2.44 bits per heavy atom. The van der Waals surface area contributed by atoms with E-state index in [9.17, 15) is 8.42 Å². The van der Waals surface area contributed by atoms with Crippen LogP contribution in [0.1, 0.15) is 5.56 Å². The minimum atomic E-state index is -3.51. The molecule has 1 aromatic carbocycles. The van der Waals surface area contributed by atoms with Gasteiger partial charge in [-0.25, -0.2) is 12.7 Å². The maximum absolute atomic E-state index is 11.8. The van der Waals surface area contributed by atoms with E-state index in [0.717, 1.165) is 4.31 Å². The van der Waals surface area contributed by atoms with Crippen LogP contribution in [0, 0.1) is 11.3 Å². The summed E-state index contributed by atoms with van der Waals surface area (Å²) in [6, 6.07) is 6.07. The number of rotatable bonds is 3. The molecule has 6 heteroatoms. The molecule has 86 valence electrons. The molecular formula is C10H12N2O3S. The normalized spacial score (nSPS) is 11.2. The Kier molecular flexibility index (Phi) is 3.52. The van der Waals surface area contributed by atoms with Gasteiger partial charge in [0.05, 0.1) is 17.6 Å². The molecule has 0 aromatic heterocycles. The van der Waals surface area contributed by atoms with Gasteiger partial charge in [-0.15, -0.1) is 0 Å². The first kappa shape index (κ1) is 12.5. The molecule has 0 saturated heterocycles. The number of nitrogens with zero attached hydrogens (tertiary/aromatic N) is 2. The highest BCUT2D eigenvalue weighted by Gasteiger charge is 2.18. The molecule has 0 atom stereocenters. The van der Waals surface area contributed by atoms with Crippen LogP contribution in [-0.4, -0.2) is 33.9 Å². The van der Waals surface area contributed by atoms with Crippen molar-refractivity contribution in [3.63, 3.8) is 0 Å². The summed E-state index contributed by atoms with van der Waals surface area (Å²) in [6.07, 6.45) is 0. The van der Waals surface area contributed by atoms with E-state index >= 15 is 0 Å². The lowest BCUT2D eigenvalue weighted by Crippen LogP contribution is -2.22. The summed E-state index contributed by atoms with van der Waals surface area (Å²) in [4.78, 5) is 0.0786. The van der Waals surface area contributed by atoms with Crippen molar-refractivity contribution in [2.24, 2.45) is 0 Å². The largest absolute Gasteiger partial charge is 0.495 e. The molecule has 0 radical (unpaired) electrons. The molecule has 0 saturated carbocycles. The van der Waals surface area contributed by atoms with Crippen LogP contribution < -0.4 is 4.74 Å². The van der Waals surface area contributed by atoms with E-state index in [1.165, 1.54) is 39.4 Å². The summed E-state index contributed by atoms with van der Waals surface area (Å²) in [7, 11) is 0.791. The molecule has 0 amide bonds. The molecule has 1 rings (SSSR count). The second-order valence-electron chi connectivity index (χ2n) is 3.26. The Bertz CT molecular complexity index is 529. The van der Waals surface area contributed by atoms with Gasteiger partial charge in [0, 0.05) is 14.1 Å². The van der Waals surface area contributed by atoms with Gasteiger partial charge in [0.15, 0.2) is 0 Å². The van der Waals surface area contributed by atoms with Crippen molar-refractivity contribution in [3.05, 3.63) is 23.8 Å². The van der Waals surface area contributed by atoms with Crippen LogP contribution in [0.15, 0.2) is 23.1 Å². The molecule has 5 nitrogen and oxygen atoms in total. The molecule has 0 aliphatic carbocycles. The third-order valence-corrected chi connectivity index (χ3v) is 3.88. The maximum Gasteiger partial charge on any atom is 0.242 e. The Morgan fingerprint density at radius 2 is 2.00 bits per heavy atom. The van der Waals surface area contributed by atoms with Crippen LogP contribution in [0.3, 0.4) is 0 Å². The molecule has 0 spiro atoms. The third-order valence-electron chi connectivity index (χ3n) is 2.07. The van der Waals surface area contributed by atoms with Crippen molar-refractivity contribution in [2.75, 3.05) is 21.2 Å². The van der Waals surface area contributed by atoms with Gasteiger partial charge in [0.1, 0.15) is 11.8 Å². The van der Waals surface area contributed by atoms with Crippen LogP contribution >= 0.6 is 0 Å². The van der Waals surface area contributed by atoms with E-state index in [1.54, 1.807) is 0 Å². The quantitative estimate of drug-likeness (QED) is 0.784. The van der Waals surface area contributed by atoms with Gasteiger partial charge in [-0.1, -0.05) is 0 Å². The van der Waals surface area contributed by atoms with Gasteiger partial charge in [-0.05, 0) is 18.2 Å². The van der Waals surface area contributed by atoms with Gasteiger partial charge in [0.2, 0.25) is 10.0 Å². The lowest BCUT2D eigenvalue weighted by Gasteiger charge is -2.12. The fraction of sp³-hybridized carbons (Fsp3) is 0.300. The molecule has 0 aliphatic rings. The summed E-state index contributed by atoms with van der Waals surface area (Å²) in [5.74, 6) is 0.361. The van der Waals surface area contributed by atoms with Crippen LogP contribution in [0.5, 0.6) is 5.75 Å². The smallest absolute Gasteiger partial charge is 0.242 e. The zero-order chi connectivity index (χ0) is 12.3. The van der Waals surface area contributed by atoms with Crippen molar-refractivity contribution in [1.29, 1.82) is 5.26 Å². The first-order valence-corrected chi connectivity index (χ1v) is 5.88. The van der Waals surface area contributed by atoms with E-state index < -0.39 is 10.0 Å². The predicted octanol–water partition coefficient (Wildman–Crippen LogP) is 0.817. The number of sulfonamides is 1. The zero-order valence-corrected chi connectivity index (χ0v) is 10.1. The summed E-state index contributed by atoms with van der Waals surface area (Å²) in [5.41, 5.74) is 0.199. The van der Waals surface area contributed by atoms with Crippen LogP contribution in [-0.2, 0) is 10.0 Å². The lowest BCUT2D eigenvalue weighted by atomic mass is 10.2. The number of benzene rings is 1. The van der Waals surface area contributed by atoms with Crippen LogP contribution in [0.25, 0.3) is 0 Å². The first-order valence-electron chi connectivity index (χ1n) is 4.44. The minimum absolute atomic E-state index is 0.0786. The predicted molar refractivity (Wildman–Crippen MR) is 58.6 cm³/mol. The van der Waals surface area contributed by atoms with Gasteiger partial charge in [-0.2, -0.15) is 5.26 Å². The second-order valence-corrected chi connectivity index (χ2v) is 5.41. The van der Waals surface area contributed by atoms with E-state index in [2.05, 4.69) is 0 Å². The van der Waals surface area contributed by atoms with E-state index in [4.69, 9.17) is 10.00 Å². The van der Waals surface area contributed by atoms with Gasteiger partial charge in [-0.3, -0.25) is 0 Å². The number of methoxy groups -OCH3 is 1. The van der Waals surface area contributed by atoms with Crippen molar-refractivity contribution in [2.45, 2.75) is 4.90 Å². The van der Waals surface area contributed by atoms with Gasteiger partial charge < -0.3 is 4.74 Å². The summed E-state index contributed by atoms with van der Waals surface area (Å²) < 4.78 is 29.6. The molecular weight excluding hydrogens is 228 g/mol. The lowest BCUT2D eigenvalue weighted by molar-refractivity contribution is 0.413. The average molecular weight is 240 g/mol. The molecule has 0 heterocycles.